The lowest BCUT2D eigenvalue weighted by Gasteiger charge is -2.31. The number of hydrogen-bond donors (Lipinski definition) is 2. The Morgan fingerprint density at radius 3 is 2.81 bits per heavy atom. The third-order valence-corrected chi connectivity index (χ3v) is 5.75. The highest BCUT2D eigenvalue weighted by Gasteiger charge is 2.27. The van der Waals surface area contributed by atoms with Crippen LogP contribution in [-0.2, 0) is 11.2 Å². The summed E-state index contributed by atoms with van der Waals surface area (Å²) in [5.74, 6) is -1.12. The van der Waals surface area contributed by atoms with Gasteiger partial charge in [-0.25, -0.2) is 14.2 Å². The van der Waals surface area contributed by atoms with Gasteiger partial charge in [0.2, 0.25) is 0 Å². The van der Waals surface area contributed by atoms with Gasteiger partial charge >= 0.3 is 6.09 Å². The molecule has 1 aromatic carbocycles. The molecule has 9 heteroatoms. The Labute approximate surface area is 184 Å². The van der Waals surface area contributed by atoms with E-state index < -0.39 is 17.8 Å². The number of nitrogens with one attached hydrogen (secondary N) is 1. The molecule has 4 rings (SSSR count). The van der Waals surface area contributed by atoms with E-state index in [4.69, 9.17) is 9.72 Å². The maximum absolute atomic E-state index is 14.8. The van der Waals surface area contributed by atoms with Gasteiger partial charge in [0.25, 0.3) is 5.91 Å². The van der Waals surface area contributed by atoms with Crippen LogP contribution in [0, 0.1) is 19.7 Å². The molecule has 0 aliphatic carbocycles. The van der Waals surface area contributed by atoms with Crippen LogP contribution in [0.2, 0.25) is 0 Å². The molecule has 3 heterocycles. The smallest absolute Gasteiger partial charge is 0.407 e. The number of pyridine rings is 1. The maximum Gasteiger partial charge on any atom is 0.407 e. The predicted molar refractivity (Wildman–Crippen MR) is 116 cm³/mol. The Balaban J connectivity index is 1.81. The van der Waals surface area contributed by atoms with Crippen molar-refractivity contribution < 1.29 is 23.8 Å². The molecule has 168 valence electrons. The molecule has 1 fully saturated rings. The summed E-state index contributed by atoms with van der Waals surface area (Å²) in [6, 6.07) is 6.74. The van der Waals surface area contributed by atoms with Gasteiger partial charge in [0.1, 0.15) is 11.5 Å². The number of fused-ring (bicyclic) bond motifs is 1. The first-order chi connectivity index (χ1) is 15.3. The molecule has 0 spiro atoms. The van der Waals surface area contributed by atoms with Gasteiger partial charge in [-0.15, -0.1) is 0 Å². The molecule has 3 aromatic rings. The minimum absolute atomic E-state index is 0.0253. The lowest BCUT2D eigenvalue weighted by molar-refractivity contribution is -0.0214. The molecule has 0 unspecified atom stereocenters. The maximum atomic E-state index is 14.8. The van der Waals surface area contributed by atoms with E-state index >= 15 is 0 Å². The number of halogens is 1. The zero-order valence-corrected chi connectivity index (χ0v) is 18.2. The van der Waals surface area contributed by atoms with Crippen molar-refractivity contribution in [1.82, 2.24) is 19.6 Å². The Bertz CT molecular complexity index is 1210. The molecule has 1 aliphatic rings. The molecular formula is C23H25FN4O4. The summed E-state index contributed by atoms with van der Waals surface area (Å²) in [5.41, 5.74) is 4.39. The van der Waals surface area contributed by atoms with Crippen molar-refractivity contribution in [3.05, 3.63) is 58.7 Å². The number of aromatic nitrogens is 2. The molecule has 0 radical (unpaired) electrons. The van der Waals surface area contributed by atoms with Crippen molar-refractivity contribution in [1.29, 1.82) is 0 Å². The monoisotopic (exact) mass is 440 g/mol. The fourth-order valence-corrected chi connectivity index (χ4v) is 4.09. The van der Waals surface area contributed by atoms with E-state index in [2.05, 4.69) is 5.32 Å². The highest BCUT2D eigenvalue weighted by atomic mass is 19.1. The van der Waals surface area contributed by atoms with Crippen molar-refractivity contribution in [3.63, 3.8) is 0 Å². The summed E-state index contributed by atoms with van der Waals surface area (Å²) in [5, 5.41) is 11.8. The van der Waals surface area contributed by atoms with Crippen LogP contribution in [0.3, 0.4) is 0 Å². The highest BCUT2D eigenvalue weighted by molar-refractivity contribution is 5.95. The summed E-state index contributed by atoms with van der Waals surface area (Å²) in [6.45, 7) is 4.67. The number of carboxylic acid groups (broad SMARTS) is 1. The molecule has 0 bridgehead atoms. The van der Waals surface area contributed by atoms with Crippen LogP contribution in [0.4, 0.5) is 9.18 Å². The number of aryl methyl sites for hydroxylation is 2. The third-order valence-electron chi connectivity index (χ3n) is 5.75. The minimum Gasteiger partial charge on any atom is -0.465 e. The van der Waals surface area contributed by atoms with Gasteiger partial charge in [0.15, 0.2) is 0 Å². The number of amides is 2. The number of benzene rings is 1. The largest absolute Gasteiger partial charge is 0.465 e. The Morgan fingerprint density at radius 2 is 2.09 bits per heavy atom. The van der Waals surface area contributed by atoms with Crippen LogP contribution in [0.15, 0.2) is 30.5 Å². The summed E-state index contributed by atoms with van der Waals surface area (Å²) >= 11 is 0. The van der Waals surface area contributed by atoms with E-state index in [0.717, 1.165) is 11.3 Å². The molecule has 2 aromatic heterocycles. The zero-order chi connectivity index (χ0) is 23.0. The average Bonchev–Trinajstić information content (AvgIpc) is 3.11. The number of nitrogens with zero attached hydrogens (tertiary/aromatic N) is 3. The van der Waals surface area contributed by atoms with Gasteiger partial charge in [-0.3, -0.25) is 4.79 Å². The second-order valence-electron chi connectivity index (χ2n) is 7.99. The first-order valence-electron chi connectivity index (χ1n) is 10.4. The summed E-state index contributed by atoms with van der Waals surface area (Å²) in [7, 11) is 1.46. The average molecular weight is 440 g/mol. The lowest BCUT2D eigenvalue weighted by atomic mass is 9.98. The van der Waals surface area contributed by atoms with E-state index in [9.17, 15) is 19.1 Å². The lowest BCUT2D eigenvalue weighted by Crippen LogP contribution is -2.45. The number of rotatable bonds is 4. The van der Waals surface area contributed by atoms with Crippen LogP contribution in [0.1, 0.15) is 27.2 Å². The Kier molecular flexibility index (Phi) is 5.84. The highest BCUT2D eigenvalue weighted by Crippen LogP contribution is 2.31. The third kappa shape index (κ3) is 4.03. The fraction of sp³-hybridized carbons (Fsp3) is 0.348. The van der Waals surface area contributed by atoms with E-state index in [-0.39, 0.29) is 18.2 Å². The molecule has 8 nitrogen and oxygen atoms in total. The molecule has 32 heavy (non-hydrogen) atoms. The summed E-state index contributed by atoms with van der Waals surface area (Å²) < 4.78 is 22.6. The van der Waals surface area contributed by atoms with Crippen molar-refractivity contribution in [2.75, 3.05) is 26.7 Å². The minimum atomic E-state index is -0.977. The second kappa shape index (κ2) is 8.58. The molecule has 2 N–H and O–H groups in total. The van der Waals surface area contributed by atoms with E-state index in [1.165, 1.54) is 24.1 Å². The van der Waals surface area contributed by atoms with E-state index in [1.807, 2.05) is 36.6 Å². The Hall–Kier alpha value is -3.46. The molecule has 1 saturated heterocycles. The normalized spacial score (nSPS) is 16.4. The predicted octanol–water partition coefficient (Wildman–Crippen LogP) is 3.04. The van der Waals surface area contributed by atoms with Crippen LogP contribution in [0.25, 0.3) is 16.9 Å². The van der Waals surface area contributed by atoms with E-state index in [1.54, 1.807) is 0 Å². The summed E-state index contributed by atoms with van der Waals surface area (Å²) in [6.07, 6.45) is 0.977. The number of carbonyl (C=O) groups excluding carboxylic acids is 1. The summed E-state index contributed by atoms with van der Waals surface area (Å²) in [4.78, 5) is 29.5. The van der Waals surface area contributed by atoms with Crippen molar-refractivity contribution in [3.8, 4) is 11.3 Å². The van der Waals surface area contributed by atoms with E-state index in [0.29, 0.717) is 42.0 Å². The number of carbonyl (C=O) groups is 2. The van der Waals surface area contributed by atoms with Crippen LogP contribution in [0.5, 0.6) is 0 Å². The first-order valence-corrected chi connectivity index (χ1v) is 10.4. The quantitative estimate of drug-likeness (QED) is 0.650. The van der Waals surface area contributed by atoms with Crippen LogP contribution < -0.4 is 5.32 Å². The van der Waals surface area contributed by atoms with Gasteiger partial charge in [0.05, 0.1) is 36.2 Å². The first kappa shape index (κ1) is 21.8. The number of morpholine rings is 1. The van der Waals surface area contributed by atoms with Gasteiger partial charge in [-0.2, -0.15) is 0 Å². The number of hydrogen-bond acceptors (Lipinski definition) is 4. The Morgan fingerprint density at radius 1 is 1.31 bits per heavy atom. The molecule has 1 atom stereocenters. The second-order valence-corrected chi connectivity index (χ2v) is 7.99. The standard InChI is InChI=1S/C23H25FN4O4/c1-13-4-5-28-19(10-15-12-27(23(30)31)6-7-32-15)21(26-20(28)8-13)16-11-18(24)17(9-14(16)2)22(29)25-3/h4-5,8-9,11,15H,6-7,10,12H2,1-3H3,(H,25,29)(H,30,31)/t15-/m0/s1. The molecule has 0 saturated carbocycles. The van der Waals surface area contributed by atoms with Gasteiger partial charge in [-0.05, 0) is 49.2 Å². The fourth-order valence-electron chi connectivity index (χ4n) is 4.09. The van der Waals surface area contributed by atoms with Crippen molar-refractivity contribution >= 4 is 17.6 Å². The van der Waals surface area contributed by atoms with Crippen molar-refractivity contribution in [2.45, 2.75) is 26.4 Å². The van der Waals surface area contributed by atoms with Crippen LogP contribution in [-0.4, -0.2) is 64.2 Å². The molecule has 1 aliphatic heterocycles. The number of imidazole rings is 1. The molecule has 2 amide bonds. The molecular weight excluding hydrogens is 415 g/mol. The van der Waals surface area contributed by atoms with Crippen LogP contribution >= 0.6 is 0 Å². The van der Waals surface area contributed by atoms with Gasteiger partial charge in [0, 0.05) is 31.8 Å². The van der Waals surface area contributed by atoms with Gasteiger partial charge in [-0.1, -0.05) is 0 Å². The zero-order valence-electron chi connectivity index (χ0n) is 18.2. The van der Waals surface area contributed by atoms with Crippen molar-refractivity contribution in [2.24, 2.45) is 0 Å². The number of ether oxygens (including phenoxy) is 1. The van der Waals surface area contributed by atoms with Gasteiger partial charge < -0.3 is 24.5 Å². The topological polar surface area (TPSA) is 96.2 Å². The SMILES string of the molecule is CNC(=O)c1cc(C)c(-c2nc3cc(C)ccn3c2C[C@H]2CN(C(=O)O)CCO2)cc1F.